The van der Waals surface area contributed by atoms with Crippen molar-refractivity contribution in [3.63, 3.8) is 0 Å². The molecule has 0 amide bonds. The average Bonchev–Trinajstić information content (AvgIpc) is 3.15. The largest absolute Gasteiger partial charge is 0.494 e. The molecule has 0 atom stereocenters. The van der Waals surface area contributed by atoms with E-state index in [1.54, 1.807) is 6.07 Å². The molecule has 3 heterocycles. The van der Waals surface area contributed by atoms with Crippen LogP contribution in [-0.4, -0.2) is 45.4 Å². The summed E-state index contributed by atoms with van der Waals surface area (Å²) in [6.45, 7) is 1.95. The van der Waals surface area contributed by atoms with Gasteiger partial charge < -0.3 is 14.5 Å². The predicted molar refractivity (Wildman–Crippen MR) is 79.9 cm³/mol. The van der Waals surface area contributed by atoms with E-state index in [0.29, 0.717) is 57.6 Å². The summed E-state index contributed by atoms with van der Waals surface area (Å²) < 4.78 is 10.9. The molecule has 23 heavy (non-hydrogen) atoms. The molecular weight excluding hydrogens is 298 g/mol. The molecule has 0 bridgehead atoms. The number of rotatable bonds is 3. The van der Waals surface area contributed by atoms with Gasteiger partial charge in [-0.1, -0.05) is 6.92 Å². The Morgan fingerprint density at radius 1 is 1.17 bits per heavy atom. The van der Waals surface area contributed by atoms with Crippen LogP contribution in [0, 0.1) is 0 Å². The number of H-pyrrole nitrogens is 1. The number of pyridine rings is 2. The van der Waals surface area contributed by atoms with Gasteiger partial charge in [0.1, 0.15) is 5.69 Å². The monoisotopic (exact) mass is 311 g/mol. The first-order valence-electron chi connectivity index (χ1n) is 7.11. The standard InChI is InChI=1S/C15H13N5O3/c1-4-7-13(22-2)10-9(15(16-7)23-3)11-6(12(10)21)5-8-14(17-11)19-20-18-8/h5H,4H2,1-3H3,(H,17,18,19,20). The normalized spacial score (nSPS) is 12.4. The maximum atomic E-state index is 12.9. The fraction of sp³-hybridized carbons (Fsp3) is 0.267. The molecular formula is C15H13N5O3. The van der Waals surface area contributed by atoms with Crippen LogP contribution in [0.1, 0.15) is 28.5 Å². The molecule has 0 fully saturated rings. The van der Waals surface area contributed by atoms with Gasteiger partial charge in [-0.25, -0.2) is 4.98 Å². The van der Waals surface area contributed by atoms with Crippen molar-refractivity contribution in [1.29, 1.82) is 0 Å². The van der Waals surface area contributed by atoms with Crippen LogP contribution in [0.25, 0.3) is 22.8 Å². The molecule has 0 unspecified atom stereocenters. The molecule has 1 aliphatic carbocycles. The molecule has 0 aromatic carbocycles. The van der Waals surface area contributed by atoms with E-state index in [2.05, 4.69) is 25.4 Å². The molecule has 8 heteroatoms. The van der Waals surface area contributed by atoms with Crippen molar-refractivity contribution >= 4 is 5.78 Å². The van der Waals surface area contributed by atoms with Gasteiger partial charge in [0.05, 0.1) is 36.7 Å². The Morgan fingerprint density at radius 3 is 2.70 bits per heavy atom. The summed E-state index contributed by atoms with van der Waals surface area (Å²) in [7, 11) is 3.06. The number of aromatic amines is 1. The van der Waals surface area contributed by atoms with Crippen LogP contribution < -0.4 is 9.47 Å². The van der Waals surface area contributed by atoms with Crippen LogP contribution in [0.4, 0.5) is 0 Å². The number of carbonyl (C=O) groups excluding carboxylic acids is 1. The zero-order chi connectivity index (χ0) is 16.1. The Morgan fingerprint density at radius 2 is 2.00 bits per heavy atom. The van der Waals surface area contributed by atoms with Crippen molar-refractivity contribution < 1.29 is 14.3 Å². The number of aryl methyl sites for hydroxylation is 1. The Hall–Kier alpha value is -3.03. The third kappa shape index (κ3) is 1.68. The lowest BCUT2D eigenvalue weighted by atomic mass is 10.1. The first-order valence-corrected chi connectivity index (χ1v) is 7.11. The molecule has 1 aromatic rings. The third-order valence-corrected chi connectivity index (χ3v) is 3.98. The van der Waals surface area contributed by atoms with E-state index in [0.717, 1.165) is 0 Å². The highest BCUT2D eigenvalue weighted by Gasteiger charge is 2.37. The van der Waals surface area contributed by atoms with Crippen molar-refractivity contribution in [2.75, 3.05) is 14.2 Å². The number of hydrogen-bond acceptors (Lipinski definition) is 7. The zero-order valence-corrected chi connectivity index (χ0v) is 12.8. The number of fused-ring (bicyclic) bond motifs is 4. The zero-order valence-electron chi connectivity index (χ0n) is 12.8. The highest BCUT2D eigenvalue weighted by Crippen LogP contribution is 2.46. The maximum absolute atomic E-state index is 12.9. The molecule has 116 valence electrons. The van der Waals surface area contributed by atoms with Crippen molar-refractivity contribution in [2.45, 2.75) is 13.3 Å². The van der Waals surface area contributed by atoms with Gasteiger partial charge >= 0.3 is 0 Å². The van der Waals surface area contributed by atoms with Gasteiger partial charge in [0.2, 0.25) is 5.88 Å². The Balaban J connectivity index is 2.11. The molecule has 8 nitrogen and oxygen atoms in total. The average molecular weight is 311 g/mol. The third-order valence-electron chi connectivity index (χ3n) is 3.98. The first kappa shape index (κ1) is 13.6. The number of nitrogens with one attached hydrogen (secondary N) is 1. The van der Waals surface area contributed by atoms with E-state index in [9.17, 15) is 4.79 Å². The Kier molecular flexibility index (Phi) is 2.80. The summed E-state index contributed by atoms with van der Waals surface area (Å²) >= 11 is 0. The summed E-state index contributed by atoms with van der Waals surface area (Å²) in [4.78, 5) is 20.5. The van der Waals surface area contributed by atoms with E-state index < -0.39 is 0 Å². The lowest BCUT2D eigenvalue weighted by Crippen LogP contribution is -2.05. The van der Waals surface area contributed by atoms with Gasteiger partial charge in [0.25, 0.3) is 0 Å². The molecule has 4 rings (SSSR count). The molecule has 3 aliphatic rings. The first-order chi connectivity index (χ1) is 11.2. The number of hydrogen-bond donors (Lipinski definition) is 1. The second-order valence-corrected chi connectivity index (χ2v) is 5.12. The second kappa shape index (κ2) is 4.73. The molecule has 0 saturated carbocycles. The fourth-order valence-corrected chi connectivity index (χ4v) is 2.96. The van der Waals surface area contributed by atoms with E-state index in [-0.39, 0.29) is 5.78 Å². The number of nitrogens with zero attached hydrogens (tertiary/aromatic N) is 4. The van der Waals surface area contributed by atoms with Crippen LogP contribution in [0.3, 0.4) is 0 Å². The topological polar surface area (TPSA) is 103 Å². The number of carbonyl (C=O) groups is 1. The summed E-state index contributed by atoms with van der Waals surface area (Å²) in [6.07, 6.45) is 0.625. The Bertz CT molecular complexity index is 918. The second-order valence-electron chi connectivity index (χ2n) is 5.12. The lowest BCUT2D eigenvalue weighted by Gasteiger charge is -2.13. The molecule has 1 N–H and O–H groups in total. The van der Waals surface area contributed by atoms with Crippen LogP contribution >= 0.6 is 0 Å². The van der Waals surface area contributed by atoms with Crippen molar-refractivity contribution in [2.24, 2.45) is 0 Å². The van der Waals surface area contributed by atoms with Gasteiger partial charge in [-0.05, 0) is 17.7 Å². The van der Waals surface area contributed by atoms with E-state index in [4.69, 9.17) is 9.47 Å². The number of ether oxygens (including phenoxy) is 2. The van der Waals surface area contributed by atoms with Crippen LogP contribution in [0.2, 0.25) is 0 Å². The van der Waals surface area contributed by atoms with Crippen molar-refractivity contribution in [1.82, 2.24) is 25.4 Å². The molecule has 2 aliphatic heterocycles. The predicted octanol–water partition coefficient (Wildman–Crippen LogP) is 1.49. The van der Waals surface area contributed by atoms with E-state index in [1.165, 1.54) is 14.2 Å². The number of ketones is 1. The van der Waals surface area contributed by atoms with E-state index in [1.807, 2.05) is 6.92 Å². The van der Waals surface area contributed by atoms with Crippen LogP contribution in [0.5, 0.6) is 11.6 Å². The Labute approximate surface area is 131 Å². The maximum Gasteiger partial charge on any atom is 0.223 e. The highest BCUT2D eigenvalue weighted by molar-refractivity contribution is 6.23. The van der Waals surface area contributed by atoms with Crippen molar-refractivity contribution in [3.05, 3.63) is 22.9 Å². The molecule has 1 aromatic heterocycles. The lowest BCUT2D eigenvalue weighted by molar-refractivity contribution is 0.104. The minimum atomic E-state index is -0.150. The fourth-order valence-electron chi connectivity index (χ4n) is 2.96. The quantitative estimate of drug-likeness (QED) is 0.611. The number of aromatic nitrogens is 5. The van der Waals surface area contributed by atoms with Gasteiger partial charge in [-0.3, -0.25) is 4.79 Å². The highest BCUT2D eigenvalue weighted by atomic mass is 16.5. The van der Waals surface area contributed by atoms with Gasteiger partial charge in [0.15, 0.2) is 17.4 Å². The molecule has 0 saturated heterocycles. The number of methoxy groups -OCH3 is 2. The van der Waals surface area contributed by atoms with Crippen molar-refractivity contribution in [3.8, 4) is 34.4 Å². The molecule has 0 spiro atoms. The molecule has 0 radical (unpaired) electrons. The summed E-state index contributed by atoms with van der Waals surface area (Å²) in [5.74, 6) is 1.22. The summed E-state index contributed by atoms with van der Waals surface area (Å²) in [5.41, 5.74) is 3.36. The summed E-state index contributed by atoms with van der Waals surface area (Å²) in [6, 6.07) is 1.67. The smallest absolute Gasteiger partial charge is 0.223 e. The SMILES string of the molecule is CCc1nc(OC)c2c(c1OC)C(=O)c1cc3nnnc-3[nH]c1-2. The minimum Gasteiger partial charge on any atom is -0.494 e. The van der Waals surface area contributed by atoms with Crippen LogP contribution in [-0.2, 0) is 6.42 Å². The minimum absolute atomic E-state index is 0.150. The van der Waals surface area contributed by atoms with Gasteiger partial charge in [0, 0.05) is 5.56 Å². The summed E-state index contributed by atoms with van der Waals surface area (Å²) in [5, 5.41) is 11.4. The van der Waals surface area contributed by atoms with Crippen LogP contribution in [0.15, 0.2) is 6.07 Å². The van der Waals surface area contributed by atoms with Gasteiger partial charge in [-0.15, -0.1) is 10.2 Å². The van der Waals surface area contributed by atoms with E-state index >= 15 is 0 Å². The van der Waals surface area contributed by atoms with Gasteiger partial charge in [-0.2, -0.15) is 0 Å².